The number of hydrogen-bond acceptors (Lipinski definition) is 4. The Labute approximate surface area is 89.9 Å². The van der Waals surface area contributed by atoms with Crippen LogP contribution < -0.4 is 5.32 Å². The molecule has 4 heteroatoms. The van der Waals surface area contributed by atoms with E-state index < -0.39 is 0 Å². The van der Waals surface area contributed by atoms with Crippen LogP contribution in [0.1, 0.15) is 31.6 Å². The second-order valence-electron chi connectivity index (χ2n) is 3.68. The quantitative estimate of drug-likeness (QED) is 0.633. The highest BCUT2D eigenvalue weighted by Gasteiger charge is 2.15. The first-order chi connectivity index (χ1) is 7.27. The Hall–Kier alpha value is -0.840. The van der Waals surface area contributed by atoms with Crippen LogP contribution in [0.25, 0.3) is 0 Å². The van der Waals surface area contributed by atoms with Gasteiger partial charge >= 0.3 is 0 Å². The summed E-state index contributed by atoms with van der Waals surface area (Å²) in [4.78, 5) is 0. The van der Waals surface area contributed by atoms with Gasteiger partial charge in [-0.1, -0.05) is 0 Å². The van der Waals surface area contributed by atoms with Gasteiger partial charge < -0.3 is 19.9 Å². The van der Waals surface area contributed by atoms with E-state index in [4.69, 9.17) is 9.52 Å². The van der Waals surface area contributed by atoms with Crippen molar-refractivity contribution in [2.75, 3.05) is 13.2 Å². The minimum Gasteiger partial charge on any atom is -0.468 e. The zero-order valence-corrected chi connectivity index (χ0v) is 9.02. The van der Waals surface area contributed by atoms with Gasteiger partial charge in [0.05, 0.1) is 18.9 Å². The molecule has 0 spiro atoms. The van der Waals surface area contributed by atoms with Crippen LogP contribution in [0.3, 0.4) is 0 Å². The average molecular weight is 213 g/mol. The molecule has 0 radical (unpaired) electrons. The summed E-state index contributed by atoms with van der Waals surface area (Å²) < 4.78 is 5.22. The number of rotatable bonds is 7. The van der Waals surface area contributed by atoms with Crippen LogP contribution in [0.5, 0.6) is 0 Å². The minimum absolute atomic E-state index is 0.0109. The molecule has 0 aliphatic heterocycles. The van der Waals surface area contributed by atoms with E-state index in [1.54, 1.807) is 12.3 Å². The molecule has 1 heterocycles. The van der Waals surface area contributed by atoms with Crippen LogP contribution in [-0.2, 0) is 0 Å². The zero-order chi connectivity index (χ0) is 11.1. The lowest BCUT2D eigenvalue weighted by Gasteiger charge is -2.19. The number of aliphatic hydroxyl groups excluding tert-OH is 2. The Morgan fingerprint density at radius 2 is 2.27 bits per heavy atom. The SMILES string of the molecule is CC(CCCO)NC(CO)c1ccco1. The number of furan rings is 1. The van der Waals surface area contributed by atoms with Crippen molar-refractivity contribution in [3.63, 3.8) is 0 Å². The summed E-state index contributed by atoms with van der Waals surface area (Å²) in [6.45, 7) is 2.24. The van der Waals surface area contributed by atoms with Gasteiger partial charge in [0.15, 0.2) is 0 Å². The van der Waals surface area contributed by atoms with Crippen molar-refractivity contribution < 1.29 is 14.6 Å². The summed E-state index contributed by atoms with van der Waals surface area (Å²) in [5.41, 5.74) is 0. The Kier molecular flexibility index (Phi) is 5.39. The Morgan fingerprint density at radius 1 is 1.47 bits per heavy atom. The molecule has 0 aromatic carbocycles. The van der Waals surface area contributed by atoms with E-state index in [0.29, 0.717) is 0 Å². The van der Waals surface area contributed by atoms with Crippen LogP contribution in [0, 0.1) is 0 Å². The topological polar surface area (TPSA) is 65.6 Å². The highest BCUT2D eigenvalue weighted by Crippen LogP contribution is 2.14. The lowest BCUT2D eigenvalue weighted by Crippen LogP contribution is -2.32. The average Bonchev–Trinajstić information content (AvgIpc) is 2.76. The number of aliphatic hydroxyl groups is 2. The molecule has 4 nitrogen and oxygen atoms in total. The van der Waals surface area contributed by atoms with E-state index in [1.807, 2.05) is 13.0 Å². The standard InChI is InChI=1S/C11H19NO3/c1-9(4-2-6-13)12-10(8-14)11-5-3-7-15-11/h3,5,7,9-10,12-14H,2,4,6,8H2,1H3. The lowest BCUT2D eigenvalue weighted by molar-refractivity contribution is 0.210. The maximum atomic E-state index is 9.20. The smallest absolute Gasteiger partial charge is 0.123 e. The lowest BCUT2D eigenvalue weighted by atomic mass is 10.1. The first-order valence-corrected chi connectivity index (χ1v) is 5.29. The minimum atomic E-state index is -0.159. The fourth-order valence-corrected chi connectivity index (χ4v) is 1.54. The first-order valence-electron chi connectivity index (χ1n) is 5.29. The highest BCUT2D eigenvalue weighted by atomic mass is 16.3. The molecule has 0 saturated heterocycles. The summed E-state index contributed by atoms with van der Waals surface area (Å²) >= 11 is 0. The fraction of sp³-hybridized carbons (Fsp3) is 0.636. The first kappa shape index (κ1) is 12.2. The molecule has 1 aromatic heterocycles. The molecule has 2 unspecified atom stereocenters. The predicted octanol–water partition coefficient (Wildman–Crippen LogP) is 1.06. The number of nitrogens with one attached hydrogen (secondary N) is 1. The van der Waals surface area contributed by atoms with E-state index in [1.165, 1.54) is 0 Å². The van der Waals surface area contributed by atoms with E-state index in [2.05, 4.69) is 5.32 Å². The third-order valence-corrected chi connectivity index (χ3v) is 2.35. The van der Waals surface area contributed by atoms with Crippen LogP contribution >= 0.6 is 0 Å². The maximum Gasteiger partial charge on any atom is 0.123 e. The molecule has 2 atom stereocenters. The molecule has 1 rings (SSSR count). The van der Waals surface area contributed by atoms with Gasteiger partial charge in [0.25, 0.3) is 0 Å². The van der Waals surface area contributed by atoms with E-state index in [9.17, 15) is 5.11 Å². The maximum absolute atomic E-state index is 9.20. The molecular formula is C11H19NO3. The highest BCUT2D eigenvalue weighted by molar-refractivity contribution is 5.04. The molecule has 1 aromatic rings. The zero-order valence-electron chi connectivity index (χ0n) is 9.02. The van der Waals surface area contributed by atoms with Crippen LogP contribution in [0.4, 0.5) is 0 Å². The van der Waals surface area contributed by atoms with E-state index >= 15 is 0 Å². The van der Waals surface area contributed by atoms with Gasteiger partial charge in [0.2, 0.25) is 0 Å². The van der Waals surface area contributed by atoms with Gasteiger partial charge in [0, 0.05) is 12.6 Å². The normalized spacial score (nSPS) is 15.1. The fourth-order valence-electron chi connectivity index (χ4n) is 1.54. The summed E-state index contributed by atoms with van der Waals surface area (Å²) in [6.07, 6.45) is 3.25. The van der Waals surface area contributed by atoms with Crippen molar-refractivity contribution in [3.8, 4) is 0 Å². The summed E-state index contributed by atoms with van der Waals surface area (Å²) in [5.74, 6) is 0.744. The van der Waals surface area contributed by atoms with Crippen molar-refractivity contribution in [2.24, 2.45) is 0 Å². The van der Waals surface area contributed by atoms with Crippen molar-refractivity contribution >= 4 is 0 Å². The second-order valence-corrected chi connectivity index (χ2v) is 3.68. The molecule has 0 aliphatic carbocycles. The third kappa shape index (κ3) is 4.03. The molecule has 0 amide bonds. The Morgan fingerprint density at radius 3 is 2.80 bits per heavy atom. The van der Waals surface area contributed by atoms with Crippen LogP contribution in [0.15, 0.2) is 22.8 Å². The molecule has 0 aliphatic rings. The van der Waals surface area contributed by atoms with E-state index in [0.717, 1.165) is 18.6 Å². The molecule has 86 valence electrons. The van der Waals surface area contributed by atoms with Gasteiger partial charge in [0.1, 0.15) is 5.76 Å². The van der Waals surface area contributed by atoms with Gasteiger partial charge in [-0.3, -0.25) is 0 Å². The predicted molar refractivity (Wildman–Crippen MR) is 57.5 cm³/mol. The van der Waals surface area contributed by atoms with Crippen LogP contribution in [0.2, 0.25) is 0 Å². The van der Waals surface area contributed by atoms with Gasteiger partial charge in [-0.05, 0) is 31.9 Å². The number of hydrogen-bond donors (Lipinski definition) is 3. The largest absolute Gasteiger partial charge is 0.468 e. The molecular weight excluding hydrogens is 194 g/mol. The van der Waals surface area contributed by atoms with Crippen molar-refractivity contribution in [2.45, 2.75) is 31.8 Å². The van der Waals surface area contributed by atoms with Crippen molar-refractivity contribution in [3.05, 3.63) is 24.2 Å². The van der Waals surface area contributed by atoms with Crippen LogP contribution in [-0.4, -0.2) is 29.5 Å². The molecule has 15 heavy (non-hydrogen) atoms. The monoisotopic (exact) mass is 213 g/mol. The molecule has 0 fully saturated rings. The summed E-state index contributed by atoms with van der Waals surface area (Å²) in [5, 5.41) is 21.1. The molecule has 3 N–H and O–H groups in total. The third-order valence-electron chi connectivity index (χ3n) is 2.35. The summed E-state index contributed by atoms with van der Waals surface area (Å²) in [6, 6.07) is 3.73. The Balaban J connectivity index is 2.40. The van der Waals surface area contributed by atoms with Crippen molar-refractivity contribution in [1.82, 2.24) is 5.32 Å². The molecule has 0 bridgehead atoms. The van der Waals surface area contributed by atoms with E-state index in [-0.39, 0.29) is 25.3 Å². The van der Waals surface area contributed by atoms with Gasteiger partial charge in [-0.2, -0.15) is 0 Å². The van der Waals surface area contributed by atoms with Crippen molar-refractivity contribution in [1.29, 1.82) is 0 Å². The Bertz CT molecular complexity index is 248. The van der Waals surface area contributed by atoms with Gasteiger partial charge in [-0.15, -0.1) is 0 Å². The van der Waals surface area contributed by atoms with Gasteiger partial charge in [-0.25, -0.2) is 0 Å². The molecule has 0 saturated carbocycles. The summed E-state index contributed by atoms with van der Waals surface area (Å²) in [7, 11) is 0. The second kappa shape index (κ2) is 6.61.